The molecule has 178 valence electrons. The summed E-state index contributed by atoms with van der Waals surface area (Å²) in [5, 5.41) is 3.47. The van der Waals surface area contributed by atoms with Crippen LogP contribution in [-0.2, 0) is 22.6 Å². The largest absolute Gasteiger partial charge is 0.483 e. The van der Waals surface area contributed by atoms with Gasteiger partial charge in [-0.25, -0.2) is 0 Å². The lowest BCUT2D eigenvalue weighted by Gasteiger charge is -2.31. The SMILES string of the molecule is CCNC(=O)[C@H](Cc1ccccc1)N(Cc1cccc(Cl)c1)C(=O)COc1cc(C)ccc1C. The van der Waals surface area contributed by atoms with Crippen LogP contribution in [0.4, 0.5) is 0 Å². The van der Waals surface area contributed by atoms with E-state index in [-0.39, 0.29) is 25.0 Å². The maximum Gasteiger partial charge on any atom is 0.261 e. The van der Waals surface area contributed by atoms with Crippen molar-refractivity contribution >= 4 is 23.4 Å². The number of benzene rings is 3. The van der Waals surface area contributed by atoms with E-state index in [0.29, 0.717) is 23.7 Å². The van der Waals surface area contributed by atoms with Gasteiger partial charge in [0, 0.05) is 24.5 Å². The molecule has 5 nitrogen and oxygen atoms in total. The standard InChI is InChI=1S/C28H31ClN2O3/c1-4-30-28(33)25(17-22-9-6-5-7-10-22)31(18-23-11-8-12-24(29)16-23)27(32)19-34-26-15-20(2)13-14-21(26)3/h5-16,25H,4,17-19H2,1-3H3,(H,30,33)/t25-/m0/s1. The van der Waals surface area contributed by atoms with Gasteiger partial charge in [0.2, 0.25) is 5.91 Å². The number of aryl methyl sites for hydroxylation is 2. The molecule has 1 N–H and O–H groups in total. The fourth-order valence-corrected chi connectivity index (χ4v) is 3.98. The van der Waals surface area contributed by atoms with E-state index in [0.717, 1.165) is 22.3 Å². The van der Waals surface area contributed by atoms with Gasteiger partial charge in [-0.2, -0.15) is 0 Å². The van der Waals surface area contributed by atoms with Crippen molar-refractivity contribution in [3.8, 4) is 5.75 Å². The van der Waals surface area contributed by atoms with Crippen molar-refractivity contribution in [2.24, 2.45) is 0 Å². The zero-order valence-electron chi connectivity index (χ0n) is 19.9. The molecular formula is C28H31ClN2O3. The highest BCUT2D eigenvalue weighted by Gasteiger charge is 2.30. The van der Waals surface area contributed by atoms with Crippen LogP contribution >= 0.6 is 11.6 Å². The summed E-state index contributed by atoms with van der Waals surface area (Å²) in [7, 11) is 0. The number of rotatable bonds is 10. The number of nitrogens with zero attached hydrogens (tertiary/aromatic N) is 1. The van der Waals surface area contributed by atoms with Gasteiger partial charge < -0.3 is 15.0 Å². The molecule has 34 heavy (non-hydrogen) atoms. The van der Waals surface area contributed by atoms with Crippen molar-refractivity contribution in [2.75, 3.05) is 13.2 Å². The van der Waals surface area contributed by atoms with Crippen molar-refractivity contribution in [1.29, 1.82) is 0 Å². The number of ether oxygens (including phenoxy) is 1. The Balaban J connectivity index is 1.91. The van der Waals surface area contributed by atoms with Crippen molar-refractivity contribution in [1.82, 2.24) is 10.2 Å². The Morgan fingerprint density at radius 3 is 2.41 bits per heavy atom. The van der Waals surface area contributed by atoms with Gasteiger partial charge >= 0.3 is 0 Å². The number of halogens is 1. The van der Waals surface area contributed by atoms with Gasteiger partial charge in [0.25, 0.3) is 5.91 Å². The summed E-state index contributed by atoms with van der Waals surface area (Å²) < 4.78 is 5.91. The Bertz CT molecular complexity index is 1120. The predicted molar refractivity (Wildman–Crippen MR) is 136 cm³/mol. The average Bonchev–Trinajstić information content (AvgIpc) is 2.82. The molecule has 0 aromatic heterocycles. The van der Waals surface area contributed by atoms with Gasteiger partial charge in [-0.15, -0.1) is 0 Å². The maximum absolute atomic E-state index is 13.5. The molecule has 0 aliphatic heterocycles. The summed E-state index contributed by atoms with van der Waals surface area (Å²) in [6, 6.07) is 22.2. The van der Waals surface area contributed by atoms with Crippen molar-refractivity contribution < 1.29 is 14.3 Å². The lowest BCUT2D eigenvalue weighted by molar-refractivity contribution is -0.142. The summed E-state index contributed by atoms with van der Waals surface area (Å²) in [4.78, 5) is 28.3. The third-order valence-electron chi connectivity index (χ3n) is 5.56. The molecule has 0 saturated heterocycles. The molecule has 0 aliphatic carbocycles. The minimum Gasteiger partial charge on any atom is -0.483 e. The van der Waals surface area contributed by atoms with E-state index in [2.05, 4.69) is 5.32 Å². The molecule has 0 fully saturated rings. The lowest BCUT2D eigenvalue weighted by Crippen LogP contribution is -2.51. The number of carbonyl (C=O) groups is 2. The van der Waals surface area contributed by atoms with Gasteiger partial charge in [0.05, 0.1) is 0 Å². The van der Waals surface area contributed by atoms with E-state index in [1.54, 1.807) is 11.0 Å². The van der Waals surface area contributed by atoms with Crippen LogP contribution in [0, 0.1) is 13.8 Å². The van der Waals surface area contributed by atoms with Gasteiger partial charge in [0.15, 0.2) is 6.61 Å². The average molecular weight is 479 g/mol. The van der Waals surface area contributed by atoms with Gasteiger partial charge in [0.1, 0.15) is 11.8 Å². The van der Waals surface area contributed by atoms with Crippen LogP contribution in [0.5, 0.6) is 5.75 Å². The summed E-state index contributed by atoms with van der Waals surface area (Å²) >= 11 is 6.20. The zero-order valence-corrected chi connectivity index (χ0v) is 20.6. The summed E-state index contributed by atoms with van der Waals surface area (Å²) in [5.74, 6) is 0.190. The van der Waals surface area contributed by atoms with E-state index < -0.39 is 6.04 Å². The summed E-state index contributed by atoms with van der Waals surface area (Å²) in [6.45, 7) is 6.33. The quantitative estimate of drug-likeness (QED) is 0.440. The Kier molecular flexibility index (Phi) is 9.11. The molecule has 0 saturated carbocycles. The Hall–Kier alpha value is -3.31. The van der Waals surface area contributed by atoms with Crippen molar-refractivity contribution in [2.45, 2.75) is 39.8 Å². The molecule has 2 amide bonds. The topological polar surface area (TPSA) is 58.6 Å². The summed E-state index contributed by atoms with van der Waals surface area (Å²) in [5.41, 5.74) is 3.81. The Morgan fingerprint density at radius 2 is 1.71 bits per heavy atom. The molecular weight excluding hydrogens is 448 g/mol. The van der Waals surface area contributed by atoms with Crippen molar-refractivity contribution in [3.63, 3.8) is 0 Å². The van der Waals surface area contributed by atoms with Crippen LogP contribution in [0.2, 0.25) is 5.02 Å². The smallest absolute Gasteiger partial charge is 0.261 e. The lowest BCUT2D eigenvalue weighted by atomic mass is 10.0. The van der Waals surface area contributed by atoms with E-state index in [4.69, 9.17) is 16.3 Å². The fourth-order valence-electron chi connectivity index (χ4n) is 3.76. The van der Waals surface area contributed by atoms with E-state index in [1.807, 2.05) is 87.5 Å². The van der Waals surface area contributed by atoms with Crippen LogP contribution in [0.15, 0.2) is 72.8 Å². The monoisotopic (exact) mass is 478 g/mol. The van der Waals surface area contributed by atoms with E-state index >= 15 is 0 Å². The van der Waals surface area contributed by atoms with Crippen LogP contribution in [0.25, 0.3) is 0 Å². The summed E-state index contributed by atoms with van der Waals surface area (Å²) in [6.07, 6.45) is 0.391. The molecule has 0 unspecified atom stereocenters. The van der Waals surface area contributed by atoms with E-state index in [9.17, 15) is 9.59 Å². The minimum atomic E-state index is -0.698. The molecule has 0 bridgehead atoms. The predicted octanol–water partition coefficient (Wildman–Crippen LogP) is 5.11. The van der Waals surface area contributed by atoms with Crippen LogP contribution in [0.3, 0.4) is 0 Å². The highest BCUT2D eigenvalue weighted by Crippen LogP contribution is 2.21. The molecule has 0 radical (unpaired) electrons. The molecule has 3 aromatic rings. The highest BCUT2D eigenvalue weighted by molar-refractivity contribution is 6.30. The second kappa shape index (κ2) is 12.2. The minimum absolute atomic E-state index is 0.171. The first kappa shape index (κ1) is 25.3. The molecule has 0 spiro atoms. The molecule has 0 heterocycles. The van der Waals surface area contributed by atoms with Gasteiger partial charge in [-0.3, -0.25) is 9.59 Å². The second-order valence-corrected chi connectivity index (χ2v) is 8.75. The number of amides is 2. The number of likely N-dealkylation sites (N-methyl/N-ethyl adjacent to an activating group) is 1. The normalized spacial score (nSPS) is 11.5. The van der Waals surface area contributed by atoms with Crippen LogP contribution in [0.1, 0.15) is 29.2 Å². The Labute approximate surface area is 206 Å². The van der Waals surface area contributed by atoms with Crippen LogP contribution in [-0.4, -0.2) is 35.9 Å². The molecule has 0 aliphatic rings. The zero-order chi connectivity index (χ0) is 24.5. The molecule has 3 rings (SSSR count). The molecule has 6 heteroatoms. The number of carbonyl (C=O) groups excluding carboxylic acids is 2. The second-order valence-electron chi connectivity index (χ2n) is 8.31. The third-order valence-corrected chi connectivity index (χ3v) is 5.79. The van der Waals surface area contributed by atoms with Gasteiger partial charge in [-0.05, 0) is 61.2 Å². The number of nitrogens with one attached hydrogen (secondary N) is 1. The number of hydrogen-bond acceptors (Lipinski definition) is 3. The van der Waals surface area contributed by atoms with Gasteiger partial charge in [-0.1, -0.05) is 66.2 Å². The highest BCUT2D eigenvalue weighted by atomic mass is 35.5. The third kappa shape index (κ3) is 7.09. The molecule has 1 atom stereocenters. The first-order chi connectivity index (χ1) is 16.4. The Morgan fingerprint density at radius 1 is 0.971 bits per heavy atom. The van der Waals surface area contributed by atoms with Crippen LogP contribution < -0.4 is 10.1 Å². The first-order valence-corrected chi connectivity index (χ1v) is 11.8. The molecule has 3 aromatic carbocycles. The van der Waals surface area contributed by atoms with Crippen molar-refractivity contribution in [3.05, 3.63) is 100 Å². The maximum atomic E-state index is 13.5. The fraction of sp³-hybridized carbons (Fsp3) is 0.286. The number of hydrogen-bond donors (Lipinski definition) is 1. The van der Waals surface area contributed by atoms with E-state index in [1.165, 1.54) is 0 Å². The first-order valence-electron chi connectivity index (χ1n) is 11.4.